The van der Waals surface area contributed by atoms with Crippen LogP contribution in [0.4, 0.5) is 5.82 Å². The molecule has 0 aromatic carbocycles. The van der Waals surface area contributed by atoms with Gasteiger partial charge in [0.15, 0.2) is 5.82 Å². The van der Waals surface area contributed by atoms with Gasteiger partial charge >= 0.3 is 0 Å². The Morgan fingerprint density at radius 3 is 3.13 bits per heavy atom. The number of carbonyl (C=O) groups is 1. The quantitative estimate of drug-likeness (QED) is 0.717. The van der Waals surface area contributed by atoms with E-state index < -0.39 is 5.41 Å². The van der Waals surface area contributed by atoms with Crippen LogP contribution in [-0.4, -0.2) is 30.3 Å². The molecule has 6 heteroatoms. The SMILES string of the molecule is CC1(C(=O)Nc2ccon2)COCC1N. The summed E-state index contributed by atoms with van der Waals surface area (Å²) in [5.74, 6) is 0.196. The lowest BCUT2D eigenvalue weighted by molar-refractivity contribution is -0.125. The summed E-state index contributed by atoms with van der Waals surface area (Å²) >= 11 is 0. The highest BCUT2D eigenvalue weighted by molar-refractivity contribution is 5.95. The minimum atomic E-state index is -0.695. The first-order chi connectivity index (χ1) is 7.13. The lowest BCUT2D eigenvalue weighted by atomic mass is 9.85. The van der Waals surface area contributed by atoms with E-state index in [0.717, 1.165) is 0 Å². The third-order valence-electron chi connectivity index (χ3n) is 2.72. The van der Waals surface area contributed by atoms with Crippen LogP contribution in [-0.2, 0) is 9.53 Å². The number of carbonyl (C=O) groups excluding carboxylic acids is 1. The van der Waals surface area contributed by atoms with E-state index in [9.17, 15) is 4.79 Å². The van der Waals surface area contributed by atoms with Crippen LogP contribution in [0.25, 0.3) is 0 Å². The van der Waals surface area contributed by atoms with Crippen LogP contribution in [0.2, 0.25) is 0 Å². The van der Waals surface area contributed by atoms with E-state index in [1.165, 1.54) is 6.26 Å². The predicted molar refractivity (Wildman–Crippen MR) is 52.0 cm³/mol. The minimum Gasteiger partial charge on any atom is -0.379 e. The molecule has 1 aliphatic heterocycles. The summed E-state index contributed by atoms with van der Waals surface area (Å²) in [5.41, 5.74) is 5.12. The predicted octanol–water partition coefficient (Wildman–Crippen LogP) is -0.0231. The van der Waals surface area contributed by atoms with Crippen molar-refractivity contribution < 1.29 is 14.1 Å². The van der Waals surface area contributed by atoms with Crippen molar-refractivity contribution in [1.29, 1.82) is 0 Å². The number of hydrogen-bond acceptors (Lipinski definition) is 5. The van der Waals surface area contributed by atoms with Gasteiger partial charge in [0.2, 0.25) is 5.91 Å². The van der Waals surface area contributed by atoms with Crippen LogP contribution in [0.15, 0.2) is 16.9 Å². The maximum atomic E-state index is 11.9. The van der Waals surface area contributed by atoms with Crippen molar-refractivity contribution >= 4 is 11.7 Å². The largest absolute Gasteiger partial charge is 0.379 e. The van der Waals surface area contributed by atoms with E-state index >= 15 is 0 Å². The first-order valence-corrected chi connectivity index (χ1v) is 4.68. The van der Waals surface area contributed by atoms with Crippen molar-refractivity contribution in [2.24, 2.45) is 11.1 Å². The number of ether oxygens (including phenoxy) is 1. The number of hydrogen-bond donors (Lipinski definition) is 2. The summed E-state index contributed by atoms with van der Waals surface area (Å²) in [6, 6.07) is 1.28. The number of amides is 1. The van der Waals surface area contributed by atoms with Gasteiger partial charge < -0.3 is 20.3 Å². The van der Waals surface area contributed by atoms with Crippen molar-refractivity contribution in [2.45, 2.75) is 13.0 Å². The van der Waals surface area contributed by atoms with Gasteiger partial charge in [-0.05, 0) is 6.92 Å². The second-order valence-electron chi connectivity index (χ2n) is 3.88. The molecule has 0 bridgehead atoms. The molecule has 15 heavy (non-hydrogen) atoms. The Kier molecular flexibility index (Phi) is 2.45. The Morgan fingerprint density at radius 1 is 1.80 bits per heavy atom. The normalized spacial score (nSPS) is 30.4. The molecule has 6 nitrogen and oxygen atoms in total. The summed E-state index contributed by atoms with van der Waals surface area (Å²) in [6.45, 7) is 2.51. The second-order valence-corrected chi connectivity index (χ2v) is 3.88. The Labute approximate surface area is 86.7 Å². The summed E-state index contributed by atoms with van der Waals surface area (Å²) in [5, 5.41) is 6.23. The fourth-order valence-electron chi connectivity index (χ4n) is 1.46. The first-order valence-electron chi connectivity index (χ1n) is 4.68. The van der Waals surface area contributed by atoms with Crippen LogP contribution in [0.3, 0.4) is 0 Å². The van der Waals surface area contributed by atoms with E-state index in [4.69, 9.17) is 10.5 Å². The molecule has 2 unspecified atom stereocenters. The van der Waals surface area contributed by atoms with E-state index in [-0.39, 0.29) is 11.9 Å². The molecule has 82 valence electrons. The molecule has 0 spiro atoms. The van der Waals surface area contributed by atoms with Gasteiger partial charge in [-0.3, -0.25) is 4.79 Å². The smallest absolute Gasteiger partial charge is 0.235 e. The van der Waals surface area contributed by atoms with Crippen molar-refractivity contribution in [3.8, 4) is 0 Å². The molecular weight excluding hydrogens is 198 g/mol. The van der Waals surface area contributed by atoms with Gasteiger partial charge in [-0.25, -0.2) is 0 Å². The van der Waals surface area contributed by atoms with Crippen molar-refractivity contribution in [3.63, 3.8) is 0 Å². The van der Waals surface area contributed by atoms with Crippen molar-refractivity contribution in [1.82, 2.24) is 5.16 Å². The summed E-state index contributed by atoms with van der Waals surface area (Å²) in [4.78, 5) is 11.9. The number of rotatable bonds is 2. The van der Waals surface area contributed by atoms with Crippen LogP contribution >= 0.6 is 0 Å². The van der Waals surface area contributed by atoms with Crippen LogP contribution < -0.4 is 11.1 Å². The molecule has 1 aromatic heterocycles. The lowest BCUT2D eigenvalue weighted by Gasteiger charge is -2.24. The Balaban J connectivity index is 2.07. The zero-order valence-electron chi connectivity index (χ0n) is 8.40. The third-order valence-corrected chi connectivity index (χ3v) is 2.72. The fourth-order valence-corrected chi connectivity index (χ4v) is 1.46. The van der Waals surface area contributed by atoms with Gasteiger partial charge in [0.1, 0.15) is 6.26 Å². The Hall–Kier alpha value is -1.40. The Morgan fingerprint density at radius 2 is 2.60 bits per heavy atom. The molecule has 1 aromatic rings. The van der Waals surface area contributed by atoms with Gasteiger partial charge in [0, 0.05) is 12.1 Å². The van der Waals surface area contributed by atoms with Crippen LogP contribution in [0, 0.1) is 5.41 Å². The number of nitrogens with two attached hydrogens (primary N) is 1. The molecule has 1 fully saturated rings. The molecule has 2 rings (SSSR count). The lowest BCUT2D eigenvalue weighted by Crippen LogP contribution is -2.47. The monoisotopic (exact) mass is 211 g/mol. The third kappa shape index (κ3) is 1.73. The summed E-state index contributed by atoms with van der Waals surface area (Å²) in [7, 11) is 0. The summed E-state index contributed by atoms with van der Waals surface area (Å²) < 4.78 is 9.79. The average Bonchev–Trinajstić information content (AvgIpc) is 2.79. The highest BCUT2D eigenvalue weighted by Gasteiger charge is 2.44. The molecule has 1 aliphatic rings. The highest BCUT2D eigenvalue weighted by atomic mass is 16.5. The first kappa shape index (κ1) is 10.1. The molecule has 3 N–H and O–H groups in total. The molecular formula is C9H13N3O3. The van der Waals surface area contributed by atoms with Crippen molar-refractivity contribution in [2.75, 3.05) is 18.5 Å². The molecule has 2 atom stereocenters. The van der Waals surface area contributed by atoms with Gasteiger partial charge in [0.05, 0.1) is 18.6 Å². The molecule has 1 saturated heterocycles. The van der Waals surface area contributed by atoms with Gasteiger partial charge in [0.25, 0.3) is 0 Å². The number of anilines is 1. The van der Waals surface area contributed by atoms with E-state index in [1.54, 1.807) is 13.0 Å². The topological polar surface area (TPSA) is 90.4 Å². The molecule has 1 amide bonds. The molecule has 0 radical (unpaired) electrons. The molecule has 2 heterocycles. The van der Waals surface area contributed by atoms with Crippen molar-refractivity contribution in [3.05, 3.63) is 12.3 Å². The molecule has 0 saturated carbocycles. The zero-order valence-corrected chi connectivity index (χ0v) is 8.40. The highest BCUT2D eigenvalue weighted by Crippen LogP contribution is 2.28. The van der Waals surface area contributed by atoms with Crippen LogP contribution in [0.5, 0.6) is 0 Å². The van der Waals surface area contributed by atoms with Crippen LogP contribution in [0.1, 0.15) is 6.92 Å². The maximum Gasteiger partial charge on any atom is 0.235 e. The van der Waals surface area contributed by atoms with Gasteiger partial charge in [-0.2, -0.15) is 0 Å². The number of aromatic nitrogens is 1. The van der Waals surface area contributed by atoms with E-state index in [2.05, 4.69) is 15.0 Å². The van der Waals surface area contributed by atoms with Gasteiger partial charge in [-0.15, -0.1) is 0 Å². The van der Waals surface area contributed by atoms with E-state index in [0.29, 0.717) is 19.0 Å². The standard InChI is InChI=1S/C9H13N3O3/c1-9(5-14-4-6(9)10)8(13)11-7-2-3-15-12-7/h2-3,6H,4-5,10H2,1H3,(H,11,12,13). The Bertz CT molecular complexity index is 351. The molecule has 0 aliphatic carbocycles. The minimum absolute atomic E-state index is 0.193. The summed E-state index contributed by atoms with van der Waals surface area (Å²) in [6.07, 6.45) is 1.39. The average molecular weight is 211 g/mol. The number of nitrogens with zero attached hydrogens (tertiary/aromatic N) is 1. The van der Waals surface area contributed by atoms with E-state index in [1.807, 2.05) is 0 Å². The number of nitrogens with one attached hydrogen (secondary N) is 1. The van der Waals surface area contributed by atoms with Gasteiger partial charge in [-0.1, -0.05) is 5.16 Å². The second kappa shape index (κ2) is 3.63. The maximum absolute atomic E-state index is 11.9. The zero-order chi connectivity index (χ0) is 10.9. The fraction of sp³-hybridized carbons (Fsp3) is 0.556.